The van der Waals surface area contributed by atoms with E-state index in [-0.39, 0.29) is 0 Å². The van der Waals surface area contributed by atoms with Crippen LogP contribution in [0.25, 0.3) is 16.9 Å². The number of anilines is 2. The number of nitrogens with zero attached hydrogens (tertiary/aromatic N) is 4. The van der Waals surface area contributed by atoms with Crippen molar-refractivity contribution >= 4 is 40.9 Å². The van der Waals surface area contributed by atoms with Gasteiger partial charge in [0.05, 0.1) is 11.2 Å². The van der Waals surface area contributed by atoms with Crippen LogP contribution >= 0.6 is 0 Å². The molecule has 3 heterocycles. The fourth-order valence-electron chi connectivity index (χ4n) is 4.78. The molecule has 0 spiro atoms. The quantitative estimate of drug-likeness (QED) is 0.314. The molecule has 4 aromatic rings. The predicted octanol–water partition coefficient (Wildman–Crippen LogP) is 1.50. The number of nitrogens with one attached hydrogen (secondary N) is 1. The van der Waals surface area contributed by atoms with E-state index in [1.807, 2.05) is 42.8 Å². The lowest BCUT2D eigenvalue weighted by molar-refractivity contribution is 0.100. The molecule has 5 N–H and O–H groups in total. The third-order valence-corrected chi connectivity index (χ3v) is 6.44. The lowest BCUT2D eigenvalue weighted by Gasteiger charge is -2.29. The van der Waals surface area contributed by atoms with Gasteiger partial charge in [-0.3, -0.25) is 9.36 Å². The zero-order valence-corrected chi connectivity index (χ0v) is 19.7. The highest BCUT2D eigenvalue weighted by Crippen LogP contribution is 2.34. The molecule has 1 aliphatic heterocycles. The van der Waals surface area contributed by atoms with Crippen LogP contribution in [-0.4, -0.2) is 51.2 Å². The number of hydrogen-bond acceptors (Lipinski definition) is 7. The van der Waals surface area contributed by atoms with Crippen LogP contribution in [0.2, 0.25) is 0 Å². The van der Waals surface area contributed by atoms with Gasteiger partial charge in [0.1, 0.15) is 5.69 Å². The molecule has 2 aromatic heterocycles. The number of aryl methyl sites for hydroxylation is 2. The molecule has 0 fully saturated rings. The average Bonchev–Trinajstić information content (AvgIpc) is 3.18. The number of rotatable bonds is 6. The molecule has 1 amide bonds. The molecule has 0 aliphatic carbocycles. The van der Waals surface area contributed by atoms with Gasteiger partial charge < -0.3 is 26.0 Å². The third-order valence-electron chi connectivity index (χ3n) is 6.44. The van der Waals surface area contributed by atoms with Gasteiger partial charge in [0, 0.05) is 36.8 Å². The summed E-state index contributed by atoms with van der Waals surface area (Å²) in [6, 6.07) is 14.5. The smallest absolute Gasteiger partial charge is 0.423 e. The Balaban J connectivity index is 1.60. The van der Waals surface area contributed by atoms with Crippen LogP contribution in [0.15, 0.2) is 48.5 Å². The highest BCUT2D eigenvalue weighted by Gasteiger charge is 2.24. The molecule has 35 heavy (non-hydrogen) atoms. The number of hydrogen-bond donors (Lipinski definition) is 4. The van der Waals surface area contributed by atoms with E-state index in [4.69, 9.17) is 15.7 Å². The van der Waals surface area contributed by atoms with E-state index >= 15 is 0 Å². The summed E-state index contributed by atoms with van der Waals surface area (Å²) >= 11 is 0. The SMILES string of the molecule is Cc1cc2c(C(N)=O)cccc2n1-c1nc2c(c(NCc3cccc(B(O)O)c3)n1)N(C)CCC2. The molecule has 0 saturated carbocycles. The number of fused-ring (bicyclic) bond motifs is 2. The summed E-state index contributed by atoms with van der Waals surface area (Å²) in [6.07, 6.45) is 1.83. The molecule has 0 atom stereocenters. The maximum absolute atomic E-state index is 12.0. The van der Waals surface area contributed by atoms with E-state index in [2.05, 4.69) is 10.2 Å². The molecule has 0 bridgehead atoms. The molecule has 1 aliphatic rings. The number of aromatic nitrogens is 3. The summed E-state index contributed by atoms with van der Waals surface area (Å²) in [5, 5.41) is 23.2. The van der Waals surface area contributed by atoms with E-state index < -0.39 is 13.0 Å². The fraction of sp³-hybridized carbons (Fsp3) is 0.240. The van der Waals surface area contributed by atoms with Crippen molar-refractivity contribution in [2.45, 2.75) is 26.3 Å². The molecule has 0 radical (unpaired) electrons. The molecule has 9 nitrogen and oxygen atoms in total. The Kier molecular flexibility index (Phi) is 5.92. The second kappa shape index (κ2) is 9.05. The Morgan fingerprint density at radius 1 is 1.17 bits per heavy atom. The molecule has 5 rings (SSSR count). The Morgan fingerprint density at radius 3 is 2.74 bits per heavy atom. The van der Waals surface area contributed by atoms with Crippen LogP contribution in [0.1, 0.15) is 33.7 Å². The Morgan fingerprint density at radius 2 is 1.97 bits per heavy atom. The number of nitrogens with two attached hydrogens (primary N) is 1. The first-order valence-electron chi connectivity index (χ1n) is 11.6. The van der Waals surface area contributed by atoms with Crippen molar-refractivity contribution < 1.29 is 14.8 Å². The van der Waals surface area contributed by atoms with Gasteiger partial charge >= 0.3 is 7.12 Å². The van der Waals surface area contributed by atoms with Crippen LogP contribution < -0.4 is 21.4 Å². The number of primary amides is 1. The largest absolute Gasteiger partial charge is 0.488 e. The van der Waals surface area contributed by atoms with Crippen molar-refractivity contribution in [1.82, 2.24) is 14.5 Å². The topological polar surface area (TPSA) is 130 Å². The average molecular weight is 470 g/mol. The van der Waals surface area contributed by atoms with Gasteiger partial charge in [0.25, 0.3) is 0 Å². The summed E-state index contributed by atoms with van der Waals surface area (Å²) in [5.41, 5.74) is 11.0. The lowest BCUT2D eigenvalue weighted by Crippen LogP contribution is -2.30. The normalized spacial score (nSPS) is 13.1. The Labute approximate surface area is 203 Å². The van der Waals surface area contributed by atoms with Crippen molar-refractivity contribution in [1.29, 1.82) is 0 Å². The molecule has 10 heteroatoms. The minimum absolute atomic E-state index is 0.437. The first kappa shape index (κ1) is 22.9. The van der Waals surface area contributed by atoms with Crippen molar-refractivity contribution in [3.05, 3.63) is 71.0 Å². The highest BCUT2D eigenvalue weighted by molar-refractivity contribution is 6.58. The highest BCUT2D eigenvalue weighted by atomic mass is 16.4. The number of carbonyl (C=O) groups excluding carboxylic acids is 1. The fourth-order valence-corrected chi connectivity index (χ4v) is 4.78. The minimum Gasteiger partial charge on any atom is -0.423 e. The zero-order chi connectivity index (χ0) is 24.7. The van der Waals surface area contributed by atoms with Gasteiger partial charge in [0.15, 0.2) is 5.82 Å². The van der Waals surface area contributed by atoms with Crippen LogP contribution in [-0.2, 0) is 13.0 Å². The van der Waals surface area contributed by atoms with Crippen molar-refractivity contribution in [2.75, 3.05) is 23.8 Å². The molecular weight excluding hydrogens is 443 g/mol. The Hall–Kier alpha value is -3.89. The van der Waals surface area contributed by atoms with Gasteiger partial charge in [-0.1, -0.05) is 30.3 Å². The van der Waals surface area contributed by atoms with Gasteiger partial charge in [0.2, 0.25) is 11.9 Å². The Bertz CT molecular complexity index is 1430. The maximum Gasteiger partial charge on any atom is 0.488 e. The maximum atomic E-state index is 12.0. The van der Waals surface area contributed by atoms with Crippen molar-refractivity contribution in [3.8, 4) is 5.95 Å². The van der Waals surface area contributed by atoms with E-state index in [1.54, 1.807) is 24.3 Å². The number of amides is 1. The summed E-state index contributed by atoms with van der Waals surface area (Å²) in [6.45, 7) is 3.32. The second-order valence-electron chi connectivity index (χ2n) is 8.89. The summed E-state index contributed by atoms with van der Waals surface area (Å²) < 4.78 is 1.95. The van der Waals surface area contributed by atoms with Crippen molar-refractivity contribution in [2.24, 2.45) is 5.73 Å². The monoisotopic (exact) mass is 470 g/mol. The van der Waals surface area contributed by atoms with Gasteiger partial charge in [-0.15, -0.1) is 0 Å². The van der Waals surface area contributed by atoms with E-state index in [1.165, 1.54) is 0 Å². The van der Waals surface area contributed by atoms with Gasteiger partial charge in [-0.25, -0.2) is 4.98 Å². The summed E-state index contributed by atoms with van der Waals surface area (Å²) in [5.74, 6) is 0.753. The van der Waals surface area contributed by atoms with Gasteiger partial charge in [-0.2, -0.15) is 4.98 Å². The van der Waals surface area contributed by atoms with Crippen LogP contribution in [0.4, 0.5) is 11.5 Å². The number of benzene rings is 2. The standard InChI is InChI=1S/C25H27BN6O3/c1-15-12-19-18(23(27)33)8-4-10-21(19)32(15)25-29-20-9-5-11-31(2)22(20)24(30-25)28-14-16-6-3-7-17(13-16)26(34)35/h3-4,6-8,10,12-13,34-35H,5,9,11,14H2,1-2H3,(H2,27,33)(H,28,29,30). The first-order chi connectivity index (χ1) is 16.8. The van der Waals surface area contributed by atoms with E-state index in [0.29, 0.717) is 29.3 Å². The lowest BCUT2D eigenvalue weighted by atomic mass is 9.80. The molecule has 0 unspecified atom stereocenters. The van der Waals surface area contributed by atoms with E-state index in [0.717, 1.165) is 52.9 Å². The summed E-state index contributed by atoms with van der Waals surface area (Å²) in [4.78, 5) is 24.0. The van der Waals surface area contributed by atoms with Crippen LogP contribution in [0.3, 0.4) is 0 Å². The van der Waals surface area contributed by atoms with Crippen LogP contribution in [0, 0.1) is 6.92 Å². The van der Waals surface area contributed by atoms with Gasteiger partial charge in [-0.05, 0) is 49.0 Å². The number of carbonyl (C=O) groups is 1. The molecule has 0 saturated heterocycles. The van der Waals surface area contributed by atoms with Crippen LogP contribution in [0.5, 0.6) is 0 Å². The molecule has 2 aromatic carbocycles. The predicted molar refractivity (Wildman–Crippen MR) is 137 cm³/mol. The molecular formula is C25H27BN6O3. The van der Waals surface area contributed by atoms with E-state index in [9.17, 15) is 14.8 Å². The first-order valence-corrected chi connectivity index (χ1v) is 11.6. The summed E-state index contributed by atoms with van der Waals surface area (Å²) in [7, 11) is 0.513. The third kappa shape index (κ3) is 4.22. The van der Waals surface area contributed by atoms with Crippen molar-refractivity contribution in [3.63, 3.8) is 0 Å². The minimum atomic E-state index is -1.52. The second-order valence-corrected chi connectivity index (χ2v) is 8.89. The molecule has 178 valence electrons. The zero-order valence-electron chi connectivity index (χ0n) is 19.7.